The Balaban J connectivity index is 2.81. The lowest BCUT2D eigenvalue weighted by molar-refractivity contribution is 0.448. The summed E-state index contributed by atoms with van der Waals surface area (Å²) in [5.74, 6) is 3.01. The minimum Gasteiger partial charge on any atom is -0.456 e. The third kappa shape index (κ3) is 4.23. The summed E-state index contributed by atoms with van der Waals surface area (Å²) in [6.07, 6.45) is 0. The maximum atomic E-state index is 6.75. The quantitative estimate of drug-likeness (QED) is 0.533. The van der Waals surface area contributed by atoms with Crippen LogP contribution in [0.15, 0.2) is 24.3 Å². The Morgan fingerprint density at radius 2 is 0.889 bits per heavy atom. The molecule has 0 bridgehead atoms. The SMILES string of the molecule is CC(C)c1ccc(N)c(C(C)C)c1Oc1c(C(C)C)ccc(N)c1C(C)C. The first kappa shape index (κ1) is 21.1. The van der Waals surface area contributed by atoms with Crippen molar-refractivity contribution in [1.29, 1.82) is 0 Å². The molecule has 0 fully saturated rings. The number of anilines is 2. The molecule has 0 saturated carbocycles. The van der Waals surface area contributed by atoms with Crippen LogP contribution in [0.4, 0.5) is 11.4 Å². The minimum absolute atomic E-state index is 0.268. The highest BCUT2D eigenvalue weighted by Gasteiger charge is 2.24. The molecule has 0 atom stereocenters. The van der Waals surface area contributed by atoms with Crippen LogP contribution in [-0.4, -0.2) is 0 Å². The van der Waals surface area contributed by atoms with Crippen molar-refractivity contribution in [3.05, 3.63) is 46.5 Å². The number of hydrogen-bond acceptors (Lipinski definition) is 3. The largest absolute Gasteiger partial charge is 0.456 e. The second kappa shape index (κ2) is 8.24. The van der Waals surface area contributed by atoms with Gasteiger partial charge in [-0.1, -0.05) is 67.5 Å². The average molecular weight is 369 g/mol. The highest BCUT2D eigenvalue weighted by molar-refractivity contribution is 5.65. The third-order valence-corrected chi connectivity index (χ3v) is 5.12. The molecule has 0 amide bonds. The molecule has 148 valence electrons. The Labute approximate surface area is 165 Å². The van der Waals surface area contributed by atoms with E-state index in [1.54, 1.807) is 0 Å². The second-order valence-corrected chi connectivity index (χ2v) is 8.69. The monoisotopic (exact) mass is 368 g/mol. The Kier molecular flexibility index (Phi) is 6.46. The first-order valence-electron chi connectivity index (χ1n) is 10.1. The molecule has 0 aliphatic rings. The fourth-order valence-electron chi connectivity index (χ4n) is 3.69. The van der Waals surface area contributed by atoms with E-state index in [0.29, 0.717) is 11.8 Å². The summed E-state index contributed by atoms with van der Waals surface area (Å²) in [7, 11) is 0. The molecular weight excluding hydrogens is 332 g/mol. The first-order valence-corrected chi connectivity index (χ1v) is 10.1. The molecule has 0 unspecified atom stereocenters. The van der Waals surface area contributed by atoms with Crippen LogP contribution in [0, 0.1) is 0 Å². The van der Waals surface area contributed by atoms with E-state index in [-0.39, 0.29) is 11.8 Å². The van der Waals surface area contributed by atoms with Gasteiger partial charge >= 0.3 is 0 Å². The van der Waals surface area contributed by atoms with E-state index in [1.165, 1.54) is 11.1 Å². The molecule has 27 heavy (non-hydrogen) atoms. The Hall–Kier alpha value is -2.16. The highest BCUT2D eigenvalue weighted by atomic mass is 16.5. The van der Waals surface area contributed by atoms with Crippen molar-refractivity contribution in [1.82, 2.24) is 0 Å². The van der Waals surface area contributed by atoms with Crippen molar-refractivity contribution in [3.63, 3.8) is 0 Å². The summed E-state index contributed by atoms with van der Waals surface area (Å²) in [5, 5.41) is 0. The molecular formula is C24H36N2O. The van der Waals surface area contributed by atoms with Gasteiger partial charge in [-0.3, -0.25) is 0 Å². The lowest BCUT2D eigenvalue weighted by atomic mass is 9.90. The van der Waals surface area contributed by atoms with Crippen molar-refractivity contribution < 1.29 is 4.74 Å². The summed E-state index contributed by atoms with van der Waals surface area (Å²) < 4.78 is 6.75. The highest BCUT2D eigenvalue weighted by Crippen LogP contribution is 2.46. The van der Waals surface area contributed by atoms with Crippen LogP contribution >= 0.6 is 0 Å². The molecule has 0 heterocycles. The Bertz CT molecular complexity index is 737. The molecule has 0 radical (unpaired) electrons. The zero-order chi connectivity index (χ0) is 20.5. The average Bonchev–Trinajstić information content (AvgIpc) is 2.53. The van der Waals surface area contributed by atoms with Gasteiger partial charge in [0, 0.05) is 22.5 Å². The van der Waals surface area contributed by atoms with Gasteiger partial charge in [0.1, 0.15) is 11.5 Å². The van der Waals surface area contributed by atoms with Gasteiger partial charge in [0.15, 0.2) is 0 Å². The van der Waals surface area contributed by atoms with E-state index in [2.05, 4.69) is 67.5 Å². The van der Waals surface area contributed by atoms with Crippen LogP contribution in [0.2, 0.25) is 0 Å². The van der Waals surface area contributed by atoms with Gasteiger partial charge in [0.25, 0.3) is 0 Å². The second-order valence-electron chi connectivity index (χ2n) is 8.69. The van der Waals surface area contributed by atoms with Crippen molar-refractivity contribution in [2.24, 2.45) is 0 Å². The third-order valence-electron chi connectivity index (χ3n) is 5.12. The van der Waals surface area contributed by atoms with Crippen LogP contribution in [0.1, 0.15) is 101 Å². The van der Waals surface area contributed by atoms with E-state index in [4.69, 9.17) is 16.2 Å². The lowest BCUT2D eigenvalue weighted by Gasteiger charge is -2.26. The van der Waals surface area contributed by atoms with Gasteiger partial charge in [0.05, 0.1) is 0 Å². The lowest BCUT2D eigenvalue weighted by Crippen LogP contribution is -2.09. The number of benzene rings is 2. The van der Waals surface area contributed by atoms with Crippen molar-refractivity contribution >= 4 is 11.4 Å². The fraction of sp³-hybridized carbons (Fsp3) is 0.500. The van der Waals surface area contributed by atoms with E-state index >= 15 is 0 Å². The van der Waals surface area contributed by atoms with Gasteiger partial charge in [-0.2, -0.15) is 0 Å². The van der Waals surface area contributed by atoms with Crippen molar-refractivity contribution in [2.75, 3.05) is 11.5 Å². The number of hydrogen-bond donors (Lipinski definition) is 2. The standard InChI is InChI=1S/C24H36N2O/c1-13(2)17-9-11-19(25)21(15(5)6)23(17)27-24-18(14(3)4)10-12-20(26)22(24)16(7)8/h9-16H,25-26H2,1-8H3. The van der Waals surface area contributed by atoms with Crippen LogP contribution in [0.25, 0.3) is 0 Å². The molecule has 2 rings (SSSR count). The number of nitrogens with two attached hydrogens (primary N) is 2. The van der Waals surface area contributed by atoms with Crippen LogP contribution in [0.5, 0.6) is 11.5 Å². The summed E-state index contributed by atoms with van der Waals surface area (Å²) in [6, 6.07) is 8.20. The molecule has 0 aromatic heterocycles. The minimum atomic E-state index is 0.268. The zero-order valence-electron chi connectivity index (χ0n) is 18.2. The van der Waals surface area contributed by atoms with Crippen LogP contribution in [-0.2, 0) is 0 Å². The maximum Gasteiger partial charge on any atom is 0.136 e. The van der Waals surface area contributed by atoms with Gasteiger partial charge in [0.2, 0.25) is 0 Å². The predicted molar refractivity (Wildman–Crippen MR) is 118 cm³/mol. The molecule has 3 heteroatoms. The summed E-state index contributed by atoms with van der Waals surface area (Å²) in [4.78, 5) is 0. The molecule has 2 aromatic rings. The molecule has 2 aromatic carbocycles. The number of ether oxygens (including phenoxy) is 1. The normalized spacial score (nSPS) is 11.9. The van der Waals surface area contributed by atoms with Crippen molar-refractivity contribution in [3.8, 4) is 11.5 Å². The molecule has 0 aliphatic carbocycles. The predicted octanol–water partition coefficient (Wildman–Crippen LogP) is 7.14. The summed E-state index contributed by atoms with van der Waals surface area (Å²) in [5.41, 5.74) is 18.8. The van der Waals surface area contributed by atoms with Crippen LogP contribution in [0.3, 0.4) is 0 Å². The van der Waals surface area contributed by atoms with E-state index < -0.39 is 0 Å². The zero-order valence-corrected chi connectivity index (χ0v) is 18.2. The van der Waals surface area contributed by atoms with Gasteiger partial charge in [-0.05, 0) is 46.9 Å². The Morgan fingerprint density at radius 1 is 0.556 bits per heavy atom. The number of rotatable bonds is 6. The van der Waals surface area contributed by atoms with E-state index in [0.717, 1.165) is 34.0 Å². The van der Waals surface area contributed by atoms with E-state index in [1.807, 2.05) is 12.1 Å². The molecule has 0 spiro atoms. The molecule has 0 aliphatic heterocycles. The molecule has 4 N–H and O–H groups in total. The summed E-state index contributed by atoms with van der Waals surface area (Å²) >= 11 is 0. The van der Waals surface area contributed by atoms with E-state index in [9.17, 15) is 0 Å². The molecule has 3 nitrogen and oxygen atoms in total. The van der Waals surface area contributed by atoms with Gasteiger partial charge in [-0.25, -0.2) is 0 Å². The van der Waals surface area contributed by atoms with Gasteiger partial charge in [-0.15, -0.1) is 0 Å². The topological polar surface area (TPSA) is 61.3 Å². The summed E-state index contributed by atoms with van der Waals surface area (Å²) in [6.45, 7) is 17.4. The van der Waals surface area contributed by atoms with Gasteiger partial charge < -0.3 is 16.2 Å². The van der Waals surface area contributed by atoms with Crippen molar-refractivity contribution in [2.45, 2.75) is 79.1 Å². The first-order chi connectivity index (χ1) is 12.6. The smallest absolute Gasteiger partial charge is 0.136 e. The Morgan fingerprint density at radius 3 is 1.15 bits per heavy atom. The maximum absolute atomic E-state index is 6.75. The number of nitrogen functional groups attached to an aromatic ring is 2. The van der Waals surface area contributed by atoms with Crippen LogP contribution < -0.4 is 16.2 Å². The molecule has 0 saturated heterocycles. The fourth-order valence-corrected chi connectivity index (χ4v) is 3.69.